The number of nitrogens with one attached hydrogen (secondary N) is 1. The summed E-state index contributed by atoms with van der Waals surface area (Å²) in [4.78, 5) is 22.7. The summed E-state index contributed by atoms with van der Waals surface area (Å²) in [6.07, 6.45) is 5.09. The lowest BCUT2D eigenvalue weighted by Crippen LogP contribution is -2.36. The molecule has 2 heterocycles. The Labute approximate surface area is 119 Å². The molecule has 1 amide bonds. The van der Waals surface area contributed by atoms with E-state index in [2.05, 4.69) is 22.2 Å². The van der Waals surface area contributed by atoms with Gasteiger partial charge in [-0.3, -0.25) is 9.78 Å². The van der Waals surface area contributed by atoms with Gasteiger partial charge in [0.15, 0.2) is 0 Å². The van der Waals surface area contributed by atoms with Crippen LogP contribution in [-0.2, 0) is 4.74 Å². The van der Waals surface area contributed by atoms with E-state index in [1.807, 2.05) is 6.92 Å². The van der Waals surface area contributed by atoms with Crippen molar-refractivity contribution in [1.29, 1.82) is 0 Å². The van der Waals surface area contributed by atoms with Crippen molar-refractivity contribution in [2.75, 3.05) is 31.6 Å². The minimum Gasteiger partial charge on any atom is -0.377 e. The molecule has 1 aromatic heterocycles. The highest BCUT2D eigenvalue weighted by Gasteiger charge is 2.22. The molecule has 0 radical (unpaired) electrons. The summed E-state index contributed by atoms with van der Waals surface area (Å²) in [5.41, 5.74) is 0.389. The van der Waals surface area contributed by atoms with Crippen LogP contribution in [0.5, 0.6) is 0 Å². The Bertz CT molecular complexity index is 453. The number of aromatic nitrogens is 2. The highest BCUT2D eigenvalue weighted by molar-refractivity contribution is 5.92. The van der Waals surface area contributed by atoms with Gasteiger partial charge in [-0.25, -0.2) is 4.98 Å². The van der Waals surface area contributed by atoms with E-state index in [-0.39, 0.29) is 12.0 Å². The molecule has 1 aliphatic heterocycles. The van der Waals surface area contributed by atoms with Gasteiger partial charge in [-0.1, -0.05) is 6.92 Å². The first-order valence-electron chi connectivity index (χ1n) is 7.17. The van der Waals surface area contributed by atoms with E-state index in [0.717, 1.165) is 19.4 Å². The van der Waals surface area contributed by atoms with Crippen molar-refractivity contribution in [2.24, 2.45) is 0 Å². The van der Waals surface area contributed by atoms with E-state index >= 15 is 0 Å². The third kappa shape index (κ3) is 3.90. The van der Waals surface area contributed by atoms with Gasteiger partial charge >= 0.3 is 0 Å². The van der Waals surface area contributed by atoms with Crippen molar-refractivity contribution < 1.29 is 9.53 Å². The van der Waals surface area contributed by atoms with Gasteiger partial charge in [0.05, 0.1) is 18.5 Å². The molecule has 1 fully saturated rings. The van der Waals surface area contributed by atoms with Crippen LogP contribution in [-0.4, -0.2) is 53.1 Å². The summed E-state index contributed by atoms with van der Waals surface area (Å²) in [5.74, 6) is 0.576. The van der Waals surface area contributed by atoms with Gasteiger partial charge in [-0.15, -0.1) is 0 Å². The molecule has 0 aliphatic carbocycles. The van der Waals surface area contributed by atoms with E-state index in [1.54, 1.807) is 11.1 Å². The number of rotatable bonds is 4. The molecule has 1 N–H and O–H groups in total. The van der Waals surface area contributed by atoms with Gasteiger partial charge in [0.1, 0.15) is 11.5 Å². The number of ether oxygens (including phenoxy) is 1. The SMILES string of the molecule is CCCNc1cncc(C(=O)N2CCCOC(C)C2)n1. The van der Waals surface area contributed by atoms with Crippen molar-refractivity contribution in [3.05, 3.63) is 18.1 Å². The average Bonchev–Trinajstić information content (AvgIpc) is 2.69. The molecule has 0 bridgehead atoms. The fourth-order valence-corrected chi connectivity index (χ4v) is 2.15. The van der Waals surface area contributed by atoms with Crippen molar-refractivity contribution in [3.8, 4) is 0 Å². The van der Waals surface area contributed by atoms with Crippen LogP contribution in [0.25, 0.3) is 0 Å². The maximum Gasteiger partial charge on any atom is 0.274 e. The first-order valence-corrected chi connectivity index (χ1v) is 7.17. The highest BCUT2D eigenvalue weighted by Crippen LogP contribution is 2.10. The molecule has 6 nitrogen and oxygen atoms in total. The Balaban J connectivity index is 2.07. The quantitative estimate of drug-likeness (QED) is 0.905. The second kappa shape index (κ2) is 7.19. The zero-order chi connectivity index (χ0) is 14.4. The number of nitrogens with zero attached hydrogens (tertiary/aromatic N) is 3. The Hall–Kier alpha value is -1.69. The number of carbonyl (C=O) groups excluding carboxylic acids is 1. The zero-order valence-electron chi connectivity index (χ0n) is 12.1. The average molecular weight is 278 g/mol. The maximum absolute atomic E-state index is 12.5. The van der Waals surface area contributed by atoms with Crippen LogP contribution < -0.4 is 5.32 Å². The third-order valence-electron chi connectivity index (χ3n) is 3.15. The molecule has 6 heteroatoms. The first kappa shape index (κ1) is 14.7. The number of hydrogen-bond donors (Lipinski definition) is 1. The molecule has 1 saturated heterocycles. The van der Waals surface area contributed by atoms with Gasteiger partial charge in [0, 0.05) is 26.2 Å². The van der Waals surface area contributed by atoms with Gasteiger partial charge in [-0.2, -0.15) is 0 Å². The molecule has 110 valence electrons. The third-order valence-corrected chi connectivity index (χ3v) is 3.15. The largest absolute Gasteiger partial charge is 0.377 e. The molecular weight excluding hydrogens is 256 g/mol. The molecule has 1 unspecified atom stereocenters. The molecule has 0 aromatic carbocycles. The van der Waals surface area contributed by atoms with Crippen LogP contribution in [0.3, 0.4) is 0 Å². The molecule has 2 rings (SSSR count). The van der Waals surface area contributed by atoms with Crippen LogP contribution >= 0.6 is 0 Å². The Morgan fingerprint density at radius 2 is 2.40 bits per heavy atom. The van der Waals surface area contributed by atoms with E-state index < -0.39 is 0 Å². The van der Waals surface area contributed by atoms with Crippen LogP contribution in [0.15, 0.2) is 12.4 Å². The van der Waals surface area contributed by atoms with Crippen LogP contribution in [0.2, 0.25) is 0 Å². The second-order valence-electron chi connectivity index (χ2n) is 5.00. The fourth-order valence-electron chi connectivity index (χ4n) is 2.15. The van der Waals surface area contributed by atoms with Crippen molar-refractivity contribution in [2.45, 2.75) is 32.8 Å². The molecule has 20 heavy (non-hydrogen) atoms. The number of amides is 1. The van der Waals surface area contributed by atoms with E-state index in [1.165, 1.54) is 6.20 Å². The molecule has 1 aliphatic rings. The van der Waals surface area contributed by atoms with Crippen LogP contribution in [0.4, 0.5) is 5.82 Å². The molecule has 1 atom stereocenters. The zero-order valence-corrected chi connectivity index (χ0v) is 12.1. The van der Waals surface area contributed by atoms with Crippen LogP contribution in [0.1, 0.15) is 37.2 Å². The topological polar surface area (TPSA) is 67.4 Å². The van der Waals surface area contributed by atoms with E-state index in [0.29, 0.717) is 31.2 Å². The summed E-state index contributed by atoms with van der Waals surface area (Å²) in [7, 11) is 0. The highest BCUT2D eigenvalue weighted by atomic mass is 16.5. The standard InChI is InChI=1S/C14H22N4O2/c1-3-5-16-13-9-15-8-12(17-13)14(19)18-6-4-7-20-11(2)10-18/h8-9,11H,3-7,10H2,1-2H3,(H,16,17). The normalized spacial score (nSPS) is 19.5. The van der Waals surface area contributed by atoms with Crippen molar-refractivity contribution >= 4 is 11.7 Å². The number of hydrogen-bond acceptors (Lipinski definition) is 5. The lowest BCUT2D eigenvalue weighted by atomic mass is 10.3. The summed E-state index contributed by atoms with van der Waals surface area (Å²) in [6, 6.07) is 0. The predicted octanol–water partition coefficient (Wildman–Crippen LogP) is 1.55. The second-order valence-corrected chi connectivity index (χ2v) is 5.00. The minimum absolute atomic E-state index is 0.0656. The van der Waals surface area contributed by atoms with Gasteiger partial charge in [0.25, 0.3) is 5.91 Å². The molecule has 0 saturated carbocycles. The lowest BCUT2D eigenvalue weighted by molar-refractivity contribution is 0.0559. The molecular formula is C14H22N4O2. The van der Waals surface area contributed by atoms with Gasteiger partial charge < -0.3 is 15.0 Å². The summed E-state index contributed by atoms with van der Waals surface area (Å²) in [5, 5.41) is 3.14. The minimum atomic E-state index is -0.0741. The number of carbonyl (C=O) groups is 1. The fraction of sp³-hybridized carbons (Fsp3) is 0.643. The van der Waals surface area contributed by atoms with E-state index in [4.69, 9.17) is 4.74 Å². The monoisotopic (exact) mass is 278 g/mol. The lowest BCUT2D eigenvalue weighted by Gasteiger charge is -2.21. The maximum atomic E-state index is 12.5. The smallest absolute Gasteiger partial charge is 0.274 e. The van der Waals surface area contributed by atoms with Crippen LogP contribution in [0, 0.1) is 0 Å². The van der Waals surface area contributed by atoms with E-state index in [9.17, 15) is 4.79 Å². The summed E-state index contributed by atoms with van der Waals surface area (Å²) >= 11 is 0. The van der Waals surface area contributed by atoms with Gasteiger partial charge in [-0.05, 0) is 19.8 Å². The van der Waals surface area contributed by atoms with Crippen molar-refractivity contribution in [3.63, 3.8) is 0 Å². The predicted molar refractivity (Wildman–Crippen MR) is 76.7 cm³/mol. The molecule has 1 aromatic rings. The summed E-state index contributed by atoms with van der Waals surface area (Å²) in [6.45, 7) is 6.89. The Morgan fingerprint density at radius 3 is 3.20 bits per heavy atom. The number of anilines is 1. The Kier molecular flexibility index (Phi) is 5.29. The first-order chi connectivity index (χ1) is 9.70. The molecule has 0 spiro atoms. The summed E-state index contributed by atoms with van der Waals surface area (Å²) < 4.78 is 5.55. The van der Waals surface area contributed by atoms with Gasteiger partial charge in [0.2, 0.25) is 0 Å². The Morgan fingerprint density at radius 1 is 1.55 bits per heavy atom. The van der Waals surface area contributed by atoms with Crippen molar-refractivity contribution in [1.82, 2.24) is 14.9 Å².